The third kappa shape index (κ3) is 3.75. The fraction of sp³-hybridized carbons (Fsp3) is 0.538. The van der Waals surface area contributed by atoms with Crippen molar-refractivity contribution in [1.82, 2.24) is 4.31 Å². The number of piperidine rings is 1. The Morgan fingerprint density at radius 2 is 2.00 bits per heavy atom. The van der Waals surface area contributed by atoms with Crippen molar-refractivity contribution in [1.29, 1.82) is 0 Å². The number of nitrogens with zero attached hydrogens (tertiary/aromatic N) is 1. The van der Waals surface area contributed by atoms with Crippen LogP contribution in [0, 0.1) is 5.82 Å². The molecule has 1 aliphatic rings. The Hall–Kier alpha value is -0.980. The minimum absolute atomic E-state index is 0.122. The van der Waals surface area contributed by atoms with Gasteiger partial charge in [-0.2, -0.15) is 4.31 Å². The molecule has 1 saturated heterocycles. The highest BCUT2D eigenvalue weighted by molar-refractivity contribution is 7.88. The topological polar surface area (TPSA) is 57.6 Å². The summed E-state index contributed by atoms with van der Waals surface area (Å²) in [5.74, 6) is -0.550. The SMILES string of the molecule is CC1(O)CCCN(S(=O)(=O)Cc2ccc(F)cc2)C1. The van der Waals surface area contributed by atoms with E-state index < -0.39 is 15.6 Å². The van der Waals surface area contributed by atoms with E-state index in [1.807, 2.05) is 0 Å². The van der Waals surface area contributed by atoms with Crippen molar-refractivity contribution in [3.05, 3.63) is 35.6 Å². The molecule has 0 radical (unpaired) electrons. The first-order chi connectivity index (χ1) is 8.78. The number of hydrogen-bond acceptors (Lipinski definition) is 3. The van der Waals surface area contributed by atoms with Crippen molar-refractivity contribution in [2.45, 2.75) is 31.1 Å². The highest BCUT2D eigenvalue weighted by atomic mass is 32.2. The molecule has 0 bridgehead atoms. The third-order valence-electron chi connectivity index (χ3n) is 3.30. The maximum atomic E-state index is 12.8. The van der Waals surface area contributed by atoms with Crippen LogP contribution in [-0.2, 0) is 15.8 Å². The standard InChI is InChI=1S/C13H18FNO3S/c1-13(16)7-2-8-15(10-13)19(17,18)9-11-3-5-12(14)6-4-11/h3-6,16H,2,7-10H2,1H3. The molecule has 4 nitrogen and oxygen atoms in total. The molecule has 0 aliphatic carbocycles. The zero-order chi connectivity index (χ0) is 14.1. The summed E-state index contributed by atoms with van der Waals surface area (Å²) in [6.45, 7) is 2.20. The van der Waals surface area contributed by atoms with Crippen LogP contribution in [0.5, 0.6) is 0 Å². The quantitative estimate of drug-likeness (QED) is 0.916. The fourth-order valence-corrected chi connectivity index (χ4v) is 3.97. The average Bonchev–Trinajstić information content (AvgIpc) is 2.31. The molecule has 106 valence electrons. The molecule has 0 amide bonds. The summed E-state index contributed by atoms with van der Waals surface area (Å²) >= 11 is 0. The van der Waals surface area contributed by atoms with Crippen LogP contribution in [0.25, 0.3) is 0 Å². The molecular formula is C13H18FNO3S. The van der Waals surface area contributed by atoms with E-state index in [2.05, 4.69) is 0 Å². The lowest BCUT2D eigenvalue weighted by atomic mass is 9.97. The lowest BCUT2D eigenvalue weighted by molar-refractivity contribution is 0.00935. The monoisotopic (exact) mass is 287 g/mol. The van der Waals surface area contributed by atoms with Crippen molar-refractivity contribution >= 4 is 10.0 Å². The summed E-state index contributed by atoms with van der Waals surface area (Å²) in [6, 6.07) is 5.43. The first-order valence-corrected chi connectivity index (χ1v) is 7.84. The largest absolute Gasteiger partial charge is 0.389 e. The maximum absolute atomic E-state index is 12.8. The molecule has 0 saturated carbocycles. The van der Waals surface area contributed by atoms with E-state index in [-0.39, 0.29) is 18.1 Å². The van der Waals surface area contributed by atoms with Crippen LogP contribution < -0.4 is 0 Å². The molecule has 1 aliphatic heterocycles. The maximum Gasteiger partial charge on any atom is 0.218 e. The summed E-state index contributed by atoms with van der Waals surface area (Å²) < 4.78 is 38.6. The predicted molar refractivity (Wildman–Crippen MR) is 70.5 cm³/mol. The second-order valence-corrected chi connectivity index (χ2v) is 7.29. The molecule has 0 aromatic heterocycles. The van der Waals surface area contributed by atoms with Gasteiger partial charge in [-0.05, 0) is 37.5 Å². The smallest absolute Gasteiger partial charge is 0.218 e. The van der Waals surface area contributed by atoms with E-state index >= 15 is 0 Å². The first kappa shape index (κ1) is 14.4. The Labute approximate surface area is 112 Å². The molecule has 1 N–H and O–H groups in total. The van der Waals surface area contributed by atoms with Crippen molar-refractivity contribution in [3.63, 3.8) is 0 Å². The lowest BCUT2D eigenvalue weighted by Gasteiger charge is -2.35. The van der Waals surface area contributed by atoms with E-state index in [4.69, 9.17) is 0 Å². The summed E-state index contributed by atoms with van der Waals surface area (Å²) in [5, 5.41) is 9.95. The van der Waals surface area contributed by atoms with E-state index in [0.717, 1.165) is 0 Å². The zero-order valence-electron chi connectivity index (χ0n) is 10.8. The van der Waals surface area contributed by atoms with Gasteiger partial charge in [0.05, 0.1) is 11.4 Å². The van der Waals surface area contributed by atoms with Crippen LogP contribution in [0.4, 0.5) is 4.39 Å². The molecule has 2 rings (SSSR count). The van der Waals surface area contributed by atoms with Crippen LogP contribution in [-0.4, -0.2) is 36.5 Å². The van der Waals surface area contributed by atoms with Gasteiger partial charge in [-0.15, -0.1) is 0 Å². The summed E-state index contributed by atoms with van der Waals surface area (Å²) in [5.41, 5.74) is -0.416. The van der Waals surface area contributed by atoms with E-state index in [1.54, 1.807) is 6.92 Å². The van der Waals surface area contributed by atoms with Crippen molar-refractivity contribution < 1.29 is 17.9 Å². The Bertz CT molecular complexity index is 540. The molecular weight excluding hydrogens is 269 g/mol. The highest BCUT2D eigenvalue weighted by Gasteiger charge is 2.34. The first-order valence-electron chi connectivity index (χ1n) is 6.23. The number of β-amino-alcohol motifs (C(OH)–C–C–N with tert-alkyl or cyclic N) is 1. The minimum Gasteiger partial charge on any atom is -0.389 e. The van der Waals surface area contributed by atoms with Crippen LogP contribution in [0.3, 0.4) is 0 Å². The van der Waals surface area contributed by atoms with Gasteiger partial charge in [0.2, 0.25) is 10.0 Å². The normalized spacial score (nSPS) is 25.4. The average molecular weight is 287 g/mol. The van der Waals surface area contributed by atoms with Crippen molar-refractivity contribution in [3.8, 4) is 0 Å². The van der Waals surface area contributed by atoms with Gasteiger partial charge in [0, 0.05) is 13.1 Å². The molecule has 1 aromatic carbocycles. The number of aliphatic hydroxyl groups is 1. The second kappa shape index (κ2) is 5.19. The Morgan fingerprint density at radius 3 is 2.58 bits per heavy atom. The second-order valence-electron chi connectivity index (χ2n) is 5.32. The van der Waals surface area contributed by atoms with E-state index in [1.165, 1.54) is 28.6 Å². The Balaban J connectivity index is 2.12. The van der Waals surface area contributed by atoms with Crippen molar-refractivity contribution in [2.24, 2.45) is 0 Å². The Morgan fingerprint density at radius 1 is 1.37 bits per heavy atom. The van der Waals surface area contributed by atoms with Gasteiger partial charge in [0.15, 0.2) is 0 Å². The third-order valence-corrected chi connectivity index (χ3v) is 5.09. The molecule has 1 heterocycles. The van der Waals surface area contributed by atoms with Crippen LogP contribution in [0.2, 0.25) is 0 Å². The summed E-state index contributed by atoms with van der Waals surface area (Å²) in [7, 11) is -3.47. The number of halogens is 1. The number of sulfonamides is 1. The van der Waals surface area contributed by atoms with Gasteiger partial charge in [0.25, 0.3) is 0 Å². The van der Waals surface area contributed by atoms with Gasteiger partial charge in [-0.3, -0.25) is 0 Å². The van der Waals surface area contributed by atoms with Gasteiger partial charge in [-0.1, -0.05) is 12.1 Å². The lowest BCUT2D eigenvalue weighted by Crippen LogP contribution is -2.48. The molecule has 1 fully saturated rings. The van der Waals surface area contributed by atoms with Crippen LogP contribution in [0.15, 0.2) is 24.3 Å². The predicted octanol–water partition coefficient (Wildman–Crippen LogP) is 1.50. The highest BCUT2D eigenvalue weighted by Crippen LogP contribution is 2.24. The number of benzene rings is 1. The number of hydrogen-bond donors (Lipinski definition) is 1. The van der Waals surface area contributed by atoms with Gasteiger partial charge < -0.3 is 5.11 Å². The molecule has 0 spiro atoms. The molecule has 1 aromatic rings. The van der Waals surface area contributed by atoms with Crippen LogP contribution in [0.1, 0.15) is 25.3 Å². The Kier molecular flexibility index (Phi) is 3.94. The molecule has 1 atom stereocenters. The molecule has 6 heteroatoms. The van der Waals surface area contributed by atoms with Gasteiger partial charge in [0.1, 0.15) is 5.82 Å². The number of rotatable bonds is 3. The minimum atomic E-state index is -3.47. The molecule has 1 unspecified atom stereocenters. The summed E-state index contributed by atoms with van der Waals surface area (Å²) in [6.07, 6.45) is 1.26. The summed E-state index contributed by atoms with van der Waals surface area (Å²) in [4.78, 5) is 0. The van der Waals surface area contributed by atoms with Gasteiger partial charge in [-0.25, -0.2) is 12.8 Å². The van der Waals surface area contributed by atoms with E-state index in [9.17, 15) is 17.9 Å². The van der Waals surface area contributed by atoms with Gasteiger partial charge >= 0.3 is 0 Å². The van der Waals surface area contributed by atoms with Crippen LogP contribution >= 0.6 is 0 Å². The van der Waals surface area contributed by atoms with Crippen molar-refractivity contribution in [2.75, 3.05) is 13.1 Å². The zero-order valence-corrected chi connectivity index (χ0v) is 11.7. The fourth-order valence-electron chi connectivity index (χ4n) is 2.29. The van der Waals surface area contributed by atoms with E-state index in [0.29, 0.717) is 24.9 Å². The molecule has 19 heavy (non-hydrogen) atoms.